The molecule has 0 bridgehead atoms. The van der Waals surface area contributed by atoms with Crippen LogP contribution in [0, 0.1) is 0 Å². The van der Waals surface area contributed by atoms with Gasteiger partial charge < -0.3 is 5.73 Å². The molecule has 0 aromatic heterocycles. The van der Waals surface area contributed by atoms with E-state index < -0.39 is 0 Å². The first kappa shape index (κ1) is 12.0. The Hall–Kier alpha value is -1.06. The van der Waals surface area contributed by atoms with E-state index in [1.807, 2.05) is 38.4 Å². The van der Waals surface area contributed by atoms with E-state index in [-0.39, 0.29) is 11.9 Å². The Balaban J connectivity index is 2.84. The van der Waals surface area contributed by atoms with Gasteiger partial charge in [-0.2, -0.15) is 0 Å². The molecule has 0 fully saturated rings. The van der Waals surface area contributed by atoms with Crippen molar-refractivity contribution in [2.24, 2.45) is 5.73 Å². The van der Waals surface area contributed by atoms with Gasteiger partial charge in [0.15, 0.2) is 0 Å². The van der Waals surface area contributed by atoms with Crippen LogP contribution in [0.2, 0.25) is 5.02 Å². The summed E-state index contributed by atoms with van der Waals surface area (Å²) < 4.78 is 0. The van der Waals surface area contributed by atoms with Gasteiger partial charge in [-0.15, -0.1) is 0 Å². The van der Waals surface area contributed by atoms with E-state index in [0.717, 1.165) is 5.56 Å². The number of carbonyl (C=O) groups excluding carboxylic acids is 1. The summed E-state index contributed by atoms with van der Waals surface area (Å²) in [6.45, 7) is 0. The molecule has 2 N–H and O–H groups in total. The Kier molecular flexibility index (Phi) is 4.12. The van der Waals surface area contributed by atoms with Crippen LogP contribution in [0.1, 0.15) is 5.56 Å². The third-order valence-electron chi connectivity index (χ3n) is 2.32. The zero-order chi connectivity index (χ0) is 11.4. The van der Waals surface area contributed by atoms with Crippen molar-refractivity contribution >= 4 is 17.5 Å². The Morgan fingerprint density at radius 2 is 2.07 bits per heavy atom. The lowest BCUT2D eigenvalue weighted by molar-refractivity contribution is -0.122. The summed E-state index contributed by atoms with van der Waals surface area (Å²) in [6.07, 6.45) is 0.544. The molecule has 3 nitrogen and oxygen atoms in total. The van der Waals surface area contributed by atoms with Gasteiger partial charge in [-0.1, -0.05) is 29.8 Å². The third-order valence-corrected chi connectivity index (χ3v) is 2.69. The molecule has 0 aliphatic rings. The molecule has 1 aromatic carbocycles. The van der Waals surface area contributed by atoms with Gasteiger partial charge in [0.1, 0.15) is 0 Å². The van der Waals surface area contributed by atoms with Crippen LogP contribution < -0.4 is 5.73 Å². The van der Waals surface area contributed by atoms with Crippen LogP contribution in [0.3, 0.4) is 0 Å². The Labute approximate surface area is 94.8 Å². The van der Waals surface area contributed by atoms with Crippen LogP contribution in [0.5, 0.6) is 0 Å². The van der Waals surface area contributed by atoms with E-state index in [1.54, 1.807) is 4.90 Å². The third kappa shape index (κ3) is 3.22. The molecule has 4 heteroatoms. The fraction of sp³-hybridized carbons (Fsp3) is 0.364. The number of likely N-dealkylation sites (N-methyl/N-ethyl adjacent to an activating group) is 1. The van der Waals surface area contributed by atoms with Crippen molar-refractivity contribution in [3.63, 3.8) is 0 Å². The number of halogens is 1. The molecule has 0 heterocycles. The van der Waals surface area contributed by atoms with Gasteiger partial charge >= 0.3 is 0 Å². The second-order valence-corrected chi connectivity index (χ2v) is 4.08. The summed E-state index contributed by atoms with van der Waals surface area (Å²) in [5.74, 6) is -0.333. The van der Waals surface area contributed by atoms with Crippen molar-refractivity contribution in [1.29, 1.82) is 0 Å². The molecule has 1 rings (SSSR count). The molecular weight excluding hydrogens is 212 g/mol. The van der Waals surface area contributed by atoms with E-state index in [2.05, 4.69) is 0 Å². The van der Waals surface area contributed by atoms with Crippen molar-refractivity contribution in [2.75, 3.05) is 14.1 Å². The van der Waals surface area contributed by atoms with Gasteiger partial charge in [-0.05, 0) is 32.1 Å². The molecular formula is C11H15ClN2O. The van der Waals surface area contributed by atoms with Crippen molar-refractivity contribution in [3.05, 3.63) is 34.9 Å². The quantitative estimate of drug-likeness (QED) is 0.841. The number of benzene rings is 1. The standard InChI is InChI=1S/C11H15ClN2O/c1-14(2)10(11(13)15)7-8-5-3-4-6-9(8)12/h3-6,10H,7H2,1-2H3,(H2,13,15). The van der Waals surface area contributed by atoms with E-state index >= 15 is 0 Å². The van der Waals surface area contributed by atoms with Crippen LogP contribution in [-0.2, 0) is 11.2 Å². The van der Waals surface area contributed by atoms with Crippen molar-refractivity contribution in [2.45, 2.75) is 12.5 Å². The largest absolute Gasteiger partial charge is 0.368 e. The molecule has 1 aromatic rings. The van der Waals surface area contributed by atoms with Crippen molar-refractivity contribution < 1.29 is 4.79 Å². The molecule has 1 amide bonds. The molecule has 82 valence electrons. The second-order valence-electron chi connectivity index (χ2n) is 3.68. The average molecular weight is 227 g/mol. The monoisotopic (exact) mass is 226 g/mol. The van der Waals surface area contributed by atoms with Crippen LogP contribution in [0.4, 0.5) is 0 Å². The molecule has 0 spiro atoms. The van der Waals surface area contributed by atoms with Gasteiger partial charge in [0.05, 0.1) is 6.04 Å². The number of hydrogen-bond acceptors (Lipinski definition) is 2. The van der Waals surface area contributed by atoms with Crippen LogP contribution >= 0.6 is 11.6 Å². The predicted octanol–water partition coefficient (Wildman–Crippen LogP) is 1.30. The topological polar surface area (TPSA) is 46.3 Å². The lowest BCUT2D eigenvalue weighted by Crippen LogP contribution is -2.42. The number of nitrogens with zero attached hydrogens (tertiary/aromatic N) is 1. The maximum absolute atomic E-state index is 11.2. The summed E-state index contributed by atoms with van der Waals surface area (Å²) in [6, 6.07) is 7.16. The first-order valence-electron chi connectivity index (χ1n) is 4.71. The summed E-state index contributed by atoms with van der Waals surface area (Å²) in [5, 5.41) is 0.672. The minimum atomic E-state index is -0.333. The van der Waals surface area contributed by atoms with Crippen LogP contribution in [0.15, 0.2) is 24.3 Å². The summed E-state index contributed by atoms with van der Waals surface area (Å²) in [5.41, 5.74) is 6.25. The molecule has 0 saturated carbocycles. The number of carbonyl (C=O) groups is 1. The minimum Gasteiger partial charge on any atom is -0.368 e. The highest BCUT2D eigenvalue weighted by molar-refractivity contribution is 6.31. The maximum Gasteiger partial charge on any atom is 0.235 e. The molecule has 15 heavy (non-hydrogen) atoms. The Bertz CT molecular complexity index is 352. The fourth-order valence-corrected chi connectivity index (χ4v) is 1.62. The zero-order valence-corrected chi connectivity index (χ0v) is 9.66. The highest BCUT2D eigenvalue weighted by Crippen LogP contribution is 2.17. The van der Waals surface area contributed by atoms with E-state index in [1.165, 1.54) is 0 Å². The number of primary amides is 1. The minimum absolute atomic E-state index is 0.315. The lowest BCUT2D eigenvalue weighted by Gasteiger charge is -2.21. The van der Waals surface area contributed by atoms with E-state index in [9.17, 15) is 4.79 Å². The van der Waals surface area contributed by atoms with Gasteiger partial charge in [0, 0.05) is 5.02 Å². The normalized spacial score (nSPS) is 12.8. The van der Waals surface area contributed by atoms with Crippen LogP contribution in [0.25, 0.3) is 0 Å². The molecule has 0 aliphatic heterocycles. The van der Waals surface area contributed by atoms with Gasteiger partial charge in [-0.25, -0.2) is 0 Å². The fourth-order valence-electron chi connectivity index (χ4n) is 1.41. The summed E-state index contributed by atoms with van der Waals surface area (Å²) >= 11 is 6.01. The molecule has 0 aliphatic carbocycles. The lowest BCUT2D eigenvalue weighted by atomic mass is 10.0. The molecule has 0 radical (unpaired) electrons. The Morgan fingerprint density at radius 1 is 1.47 bits per heavy atom. The SMILES string of the molecule is CN(C)C(Cc1ccccc1Cl)C(N)=O. The Morgan fingerprint density at radius 3 is 2.53 bits per heavy atom. The average Bonchev–Trinajstić information content (AvgIpc) is 2.15. The van der Waals surface area contributed by atoms with Crippen molar-refractivity contribution in [1.82, 2.24) is 4.90 Å². The molecule has 1 atom stereocenters. The predicted molar refractivity (Wildman–Crippen MR) is 61.8 cm³/mol. The number of amides is 1. The van der Waals surface area contributed by atoms with Crippen molar-refractivity contribution in [3.8, 4) is 0 Å². The maximum atomic E-state index is 11.2. The first-order valence-corrected chi connectivity index (χ1v) is 5.09. The second kappa shape index (κ2) is 5.14. The highest BCUT2D eigenvalue weighted by Gasteiger charge is 2.18. The van der Waals surface area contributed by atoms with E-state index in [4.69, 9.17) is 17.3 Å². The van der Waals surface area contributed by atoms with Gasteiger partial charge in [-0.3, -0.25) is 9.69 Å². The van der Waals surface area contributed by atoms with E-state index in [0.29, 0.717) is 11.4 Å². The molecule has 1 unspecified atom stereocenters. The van der Waals surface area contributed by atoms with Gasteiger partial charge in [0.2, 0.25) is 5.91 Å². The first-order chi connectivity index (χ1) is 7.02. The number of rotatable bonds is 4. The smallest absolute Gasteiger partial charge is 0.235 e. The van der Waals surface area contributed by atoms with Crippen LogP contribution in [-0.4, -0.2) is 30.9 Å². The number of hydrogen-bond donors (Lipinski definition) is 1. The summed E-state index contributed by atoms with van der Waals surface area (Å²) in [7, 11) is 3.65. The molecule has 0 saturated heterocycles. The van der Waals surface area contributed by atoms with Gasteiger partial charge in [0.25, 0.3) is 0 Å². The number of nitrogens with two attached hydrogens (primary N) is 1. The zero-order valence-electron chi connectivity index (χ0n) is 8.90. The summed E-state index contributed by atoms with van der Waals surface area (Å²) in [4.78, 5) is 13.0. The highest BCUT2D eigenvalue weighted by atomic mass is 35.5.